The van der Waals surface area contributed by atoms with Gasteiger partial charge in [0, 0.05) is 21.6 Å². The van der Waals surface area contributed by atoms with Gasteiger partial charge >= 0.3 is 0 Å². The van der Waals surface area contributed by atoms with Gasteiger partial charge in [-0.2, -0.15) is 0 Å². The second-order valence-electron chi connectivity index (χ2n) is 6.31. The van der Waals surface area contributed by atoms with E-state index < -0.39 is 0 Å². The minimum atomic E-state index is -0.0177. The number of hydrogen-bond acceptors (Lipinski definition) is 2. The molecule has 0 radical (unpaired) electrons. The van der Waals surface area contributed by atoms with Crippen LogP contribution in [0.1, 0.15) is 42.5 Å². The van der Waals surface area contributed by atoms with Crippen LogP contribution in [0.5, 0.6) is 0 Å². The molecule has 2 aliphatic carbocycles. The molecule has 0 saturated heterocycles. The maximum Gasteiger partial charge on any atom is 0.252 e. The van der Waals surface area contributed by atoms with Crippen LogP contribution in [0, 0.1) is 11.8 Å². The molecule has 3 nitrogen and oxygen atoms in total. The average molecular weight is 372 g/mol. The smallest absolute Gasteiger partial charge is 0.252 e. The summed E-state index contributed by atoms with van der Waals surface area (Å²) >= 11 is 9.35. The van der Waals surface area contributed by atoms with Crippen LogP contribution < -0.4 is 11.1 Å². The summed E-state index contributed by atoms with van der Waals surface area (Å²) < 4.78 is 0.741. The largest absolute Gasteiger partial charge is 0.349 e. The summed E-state index contributed by atoms with van der Waals surface area (Å²) in [4.78, 5) is 12.5. The first-order chi connectivity index (χ1) is 10.0. The van der Waals surface area contributed by atoms with Crippen LogP contribution in [0.25, 0.3) is 0 Å². The van der Waals surface area contributed by atoms with Crippen LogP contribution in [-0.4, -0.2) is 18.0 Å². The van der Waals surface area contributed by atoms with Crippen molar-refractivity contribution < 1.29 is 4.79 Å². The molecule has 1 aromatic carbocycles. The molecule has 1 aromatic rings. The van der Waals surface area contributed by atoms with Crippen LogP contribution in [0.3, 0.4) is 0 Å². The summed E-state index contributed by atoms with van der Waals surface area (Å²) in [6.45, 7) is 0. The average Bonchev–Trinajstić information content (AvgIpc) is 2.39. The fraction of sp³-hybridized carbons (Fsp3) is 0.562. The van der Waals surface area contributed by atoms with E-state index in [1.165, 1.54) is 19.3 Å². The van der Waals surface area contributed by atoms with Gasteiger partial charge in [-0.1, -0.05) is 18.0 Å². The molecule has 0 heterocycles. The van der Waals surface area contributed by atoms with Gasteiger partial charge < -0.3 is 11.1 Å². The van der Waals surface area contributed by atoms with E-state index in [2.05, 4.69) is 21.2 Å². The molecule has 21 heavy (non-hydrogen) atoms. The zero-order valence-corrected chi connectivity index (χ0v) is 14.2. The van der Waals surface area contributed by atoms with Crippen molar-refractivity contribution >= 4 is 33.4 Å². The molecule has 2 atom stereocenters. The van der Waals surface area contributed by atoms with Gasteiger partial charge in [0.15, 0.2) is 0 Å². The van der Waals surface area contributed by atoms with Crippen molar-refractivity contribution in [1.29, 1.82) is 0 Å². The Bertz CT molecular complexity index is 537. The minimum Gasteiger partial charge on any atom is -0.349 e. The maximum atomic E-state index is 12.5. The Morgan fingerprint density at radius 2 is 1.95 bits per heavy atom. The molecule has 2 aliphatic rings. The SMILES string of the molecule is NC1CC2CCCC(C1)C2NC(=O)c1ccc(Cl)cc1Br. The number of nitrogens with one attached hydrogen (secondary N) is 1. The Balaban J connectivity index is 1.75. The van der Waals surface area contributed by atoms with Crippen molar-refractivity contribution in [3.05, 3.63) is 33.3 Å². The van der Waals surface area contributed by atoms with Gasteiger partial charge in [-0.15, -0.1) is 0 Å². The Morgan fingerprint density at radius 1 is 1.29 bits per heavy atom. The third-order valence-corrected chi connectivity index (χ3v) is 5.74. The van der Waals surface area contributed by atoms with E-state index >= 15 is 0 Å². The molecule has 0 spiro atoms. The van der Waals surface area contributed by atoms with Gasteiger partial charge in [0.2, 0.25) is 0 Å². The van der Waals surface area contributed by atoms with Gasteiger partial charge in [-0.25, -0.2) is 0 Å². The van der Waals surface area contributed by atoms with Gasteiger partial charge in [-0.05, 0) is 71.6 Å². The fourth-order valence-electron chi connectivity index (χ4n) is 3.93. The molecule has 114 valence electrons. The molecule has 3 rings (SSSR count). The van der Waals surface area contributed by atoms with E-state index in [-0.39, 0.29) is 11.9 Å². The van der Waals surface area contributed by atoms with Gasteiger partial charge in [0.05, 0.1) is 5.56 Å². The first kappa shape index (κ1) is 15.3. The Morgan fingerprint density at radius 3 is 2.57 bits per heavy atom. The van der Waals surface area contributed by atoms with Crippen molar-refractivity contribution in [1.82, 2.24) is 5.32 Å². The van der Waals surface area contributed by atoms with Crippen molar-refractivity contribution in [2.75, 3.05) is 0 Å². The van der Waals surface area contributed by atoms with Crippen molar-refractivity contribution in [2.45, 2.75) is 44.2 Å². The number of fused-ring (bicyclic) bond motifs is 2. The topological polar surface area (TPSA) is 55.1 Å². The highest BCUT2D eigenvalue weighted by Gasteiger charge is 2.40. The number of rotatable bonds is 2. The molecule has 0 aliphatic heterocycles. The predicted molar refractivity (Wildman–Crippen MR) is 88.4 cm³/mol. The summed E-state index contributed by atoms with van der Waals surface area (Å²) in [5.41, 5.74) is 6.78. The third-order valence-electron chi connectivity index (χ3n) is 4.85. The molecule has 2 saturated carbocycles. The first-order valence-corrected chi connectivity index (χ1v) is 8.73. The Labute approximate surface area is 138 Å². The van der Waals surface area contributed by atoms with Crippen LogP contribution in [-0.2, 0) is 0 Å². The number of carbonyl (C=O) groups excluding carboxylic acids is 1. The number of amides is 1. The number of benzene rings is 1. The lowest BCUT2D eigenvalue weighted by atomic mass is 9.67. The second-order valence-corrected chi connectivity index (χ2v) is 7.60. The van der Waals surface area contributed by atoms with E-state index in [1.807, 2.05) is 0 Å². The lowest BCUT2D eigenvalue weighted by Gasteiger charge is -2.45. The van der Waals surface area contributed by atoms with Gasteiger partial charge in [0.25, 0.3) is 5.91 Å². The summed E-state index contributed by atoms with van der Waals surface area (Å²) in [6.07, 6.45) is 5.68. The summed E-state index contributed by atoms with van der Waals surface area (Å²) in [5, 5.41) is 3.87. The molecule has 0 aromatic heterocycles. The summed E-state index contributed by atoms with van der Waals surface area (Å²) in [5.74, 6) is 1.04. The van der Waals surface area contributed by atoms with E-state index in [4.69, 9.17) is 17.3 Å². The zero-order chi connectivity index (χ0) is 15.0. The van der Waals surface area contributed by atoms with Gasteiger partial charge in [0.1, 0.15) is 0 Å². The number of nitrogens with two attached hydrogens (primary N) is 1. The predicted octanol–water partition coefficient (Wildman–Crippen LogP) is 3.74. The van der Waals surface area contributed by atoms with Crippen molar-refractivity contribution in [3.63, 3.8) is 0 Å². The van der Waals surface area contributed by atoms with Crippen LogP contribution in [0.2, 0.25) is 5.02 Å². The highest BCUT2D eigenvalue weighted by Crippen LogP contribution is 2.39. The van der Waals surface area contributed by atoms with E-state index in [1.54, 1.807) is 18.2 Å². The molecule has 3 N–H and O–H groups in total. The lowest BCUT2D eigenvalue weighted by molar-refractivity contribution is 0.0755. The summed E-state index contributed by atoms with van der Waals surface area (Å²) in [6, 6.07) is 5.85. The number of hydrogen-bond donors (Lipinski definition) is 2. The monoisotopic (exact) mass is 370 g/mol. The number of carbonyl (C=O) groups is 1. The zero-order valence-electron chi connectivity index (χ0n) is 11.8. The maximum absolute atomic E-state index is 12.5. The highest BCUT2D eigenvalue weighted by atomic mass is 79.9. The summed E-state index contributed by atoms with van der Waals surface area (Å²) in [7, 11) is 0. The van der Waals surface area contributed by atoms with Crippen molar-refractivity contribution in [2.24, 2.45) is 17.6 Å². The van der Waals surface area contributed by atoms with Crippen LogP contribution in [0.15, 0.2) is 22.7 Å². The molecule has 1 amide bonds. The van der Waals surface area contributed by atoms with Crippen molar-refractivity contribution in [3.8, 4) is 0 Å². The van der Waals surface area contributed by atoms with Crippen LogP contribution >= 0.6 is 27.5 Å². The molecule has 2 bridgehead atoms. The normalized spacial score (nSPS) is 31.8. The lowest BCUT2D eigenvalue weighted by Crippen LogP contribution is -2.53. The minimum absolute atomic E-state index is 0.0177. The molecule has 2 fully saturated rings. The van der Waals surface area contributed by atoms with E-state index in [9.17, 15) is 4.79 Å². The number of halogens is 2. The highest BCUT2D eigenvalue weighted by molar-refractivity contribution is 9.10. The molecule has 2 unspecified atom stereocenters. The first-order valence-electron chi connectivity index (χ1n) is 7.56. The third kappa shape index (κ3) is 3.27. The fourth-order valence-corrected chi connectivity index (χ4v) is 4.79. The van der Waals surface area contributed by atoms with E-state index in [0.717, 1.165) is 17.3 Å². The van der Waals surface area contributed by atoms with Crippen LogP contribution in [0.4, 0.5) is 0 Å². The standard InChI is InChI=1S/C16H20BrClN2O/c17-14-8-11(18)4-5-13(14)16(21)20-15-9-2-1-3-10(15)7-12(19)6-9/h4-5,8-10,12,15H,1-3,6-7,19H2,(H,20,21). The Kier molecular flexibility index (Phi) is 4.57. The molecular weight excluding hydrogens is 352 g/mol. The quantitative estimate of drug-likeness (QED) is 0.832. The Hall–Kier alpha value is -0.580. The molecular formula is C16H20BrClN2O. The molecule has 5 heteroatoms. The van der Waals surface area contributed by atoms with E-state index in [0.29, 0.717) is 28.5 Å². The second kappa shape index (κ2) is 6.27. The van der Waals surface area contributed by atoms with Gasteiger partial charge in [-0.3, -0.25) is 4.79 Å².